The topological polar surface area (TPSA) is 63.1 Å². The second-order valence-electron chi connectivity index (χ2n) is 6.76. The molecule has 1 fully saturated rings. The van der Waals surface area contributed by atoms with E-state index < -0.39 is 17.5 Å². The molecule has 1 amide bonds. The molecule has 4 rings (SSSR count). The van der Waals surface area contributed by atoms with Crippen molar-refractivity contribution in [2.24, 2.45) is 0 Å². The number of hydrogen-bond acceptors (Lipinski definition) is 5. The summed E-state index contributed by atoms with van der Waals surface area (Å²) in [6.07, 6.45) is 2.15. The molecule has 3 aromatic rings. The molecular formula is C20H18ClF2N5OS. The highest BCUT2D eigenvalue weighted by atomic mass is 35.5. The number of aromatic nitrogens is 3. The van der Waals surface area contributed by atoms with Gasteiger partial charge in [-0.05, 0) is 37.1 Å². The summed E-state index contributed by atoms with van der Waals surface area (Å²) in [4.78, 5) is 14.5. The van der Waals surface area contributed by atoms with E-state index in [2.05, 4.69) is 20.4 Å². The fourth-order valence-corrected chi connectivity index (χ4v) is 4.23. The van der Waals surface area contributed by atoms with Crippen LogP contribution in [0.25, 0.3) is 5.69 Å². The fourth-order valence-electron chi connectivity index (χ4n) is 3.27. The molecule has 0 aliphatic carbocycles. The minimum absolute atomic E-state index is 0.0132. The first-order valence-corrected chi connectivity index (χ1v) is 10.7. The molecule has 0 radical (unpaired) electrons. The summed E-state index contributed by atoms with van der Waals surface area (Å²) >= 11 is 7.58. The van der Waals surface area contributed by atoms with Gasteiger partial charge in [0.1, 0.15) is 11.6 Å². The van der Waals surface area contributed by atoms with E-state index in [9.17, 15) is 13.6 Å². The zero-order chi connectivity index (χ0) is 21.1. The maximum atomic E-state index is 13.3. The lowest BCUT2D eigenvalue weighted by Gasteiger charge is -2.19. The summed E-state index contributed by atoms with van der Waals surface area (Å²) in [5, 5.41) is 12.1. The Morgan fingerprint density at radius 1 is 1.10 bits per heavy atom. The van der Waals surface area contributed by atoms with Crippen LogP contribution in [0.3, 0.4) is 0 Å². The van der Waals surface area contributed by atoms with Crippen LogP contribution in [0.2, 0.25) is 5.02 Å². The molecule has 156 valence electrons. The van der Waals surface area contributed by atoms with Crippen LogP contribution in [0.5, 0.6) is 0 Å². The fraction of sp³-hybridized carbons (Fsp3) is 0.250. The van der Waals surface area contributed by atoms with E-state index in [0.717, 1.165) is 49.8 Å². The van der Waals surface area contributed by atoms with E-state index in [4.69, 9.17) is 11.6 Å². The van der Waals surface area contributed by atoms with E-state index in [-0.39, 0.29) is 11.4 Å². The number of carbonyl (C=O) groups is 1. The molecule has 1 aliphatic rings. The number of anilines is 2. The molecule has 0 spiro atoms. The SMILES string of the molecule is O=C(CSc1nnc(N2CCCC2)n1-c1ccccc1Cl)Nc1cc(F)cc(F)c1. The van der Waals surface area contributed by atoms with Crippen LogP contribution in [-0.2, 0) is 4.79 Å². The summed E-state index contributed by atoms with van der Waals surface area (Å²) in [6, 6.07) is 10.2. The lowest BCUT2D eigenvalue weighted by Crippen LogP contribution is -2.22. The molecular weight excluding hydrogens is 432 g/mol. The van der Waals surface area contributed by atoms with Crippen LogP contribution in [0, 0.1) is 11.6 Å². The van der Waals surface area contributed by atoms with E-state index in [0.29, 0.717) is 16.1 Å². The first-order chi connectivity index (χ1) is 14.5. The van der Waals surface area contributed by atoms with Gasteiger partial charge in [0.25, 0.3) is 0 Å². The van der Waals surface area contributed by atoms with Gasteiger partial charge >= 0.3 is 0 Å². The van der Waals surface area contributed by atoms with Gasteiger partial charge in [-0.25, -0.2) is 8.78 Å². The molecule has 6 nitrogen and oxygen atoms in total. The average molecular weight is 450 g/mol. The number of nitrogens with zero attached hydrogens (tertiary/aromatic N) is 4. The smallest absolute Gasteiger partial charge is 0.234 e. The zero-order valence-electron chi connectivity index (χ0n) is 15.8. The predicted molar refractivity (Wildman–Crippen MR) is 114 cm³/mol. The van der Waals surface area contributed by atoms with Crippen LogP contribution in [0.15, 0.2) is 47.6 Å². The van der Waals surface area contributed by atoms with Gasteiger partial charge in [-0.1, -0.05) is 35.5 Å². The molecule has 10 heteroatoms. The maximum absolute atomic E-state index is 13.3. The molecule has 0 saturated carbocycles. The van der Waals surface area contributed by atoms with Gasteiger partial charge in [0.05, 0.1) is 16.5 Å². The van der Waals surface area contributed by atoms with Crippen molar-refractivity contribution >= 4 is 40.9 Å². The van der Waals surface area contributed by atoms with Crippen molar-refractivity contribution in [3.8, 4) is 5.69 Å². The van der Waals surface area contributed by atoms with Crippen molar-refractivity contribution < 1.29 is 13.6 Å². The normalized spacial score (nSPS) is 13.6. The summed E-state index contributed by atoms with van der Waals surface area (Å²) in [6.45, 7) is 1.75. The van der Waals surface area contributed by atoms with Crippen molar-refractivity contribution in [1.29, 1.82) is 0 Å². The second-order valence-corrected chi connectivity index (χ2v) is 8.11. The van der Waals surface area contributed by atoms with Crippen LogP contribution < -0.4 is 10.2 Å². The highest BCUT2D eigenvalue weighted by Gasteiger charge is 2.24. The lowest BCUT2D eigenvalue weighted by atomic mass is 10.3. The van der Waals surface area contributed by atoms with Gasteiger partial charge in [0.15, 0.2) is 5.16 Å². The van der Waals surface area contributed by atoms with Gasteiger partial charge in [0, 0.05) is 24.8 Å². The van der Waals surface area contributed by atoms with Crippen molar-refractivity contribution in [3.05, 3.63) is 59.1 Å². The number of para-hydroxylation sites is 1. The number of hydrogen-bond donors (Lipinski definition) is 1. The third-order valence-corrected chi connectivity index (χ3v) is 5.83. The summed E-state index contributed by atoms with van der Waals surface area (Å²) in [7, 11) is 0. The van der Waals surface area contributed by atoms with E-state index >= 15 is 0 Å². The molecule has 1 aliphatic heterocycles. The average Bonchev–Trinajstić information content (AvgIpc) is 3.35. The Kier molecular flexibility index (Phi) is 6.19. The van der Waals surface area contributed by atoms with Crippen molar-refractivity contribution in [2.75, 3.05) is 29.1 Å². The molecule has 2 aromatic carbocycles. The van der Waals surface area contributed by atoms with E-state index in [1.807, 2.05) is 22.8 Å². The van der Waals surface area contributed by atoms with Gasteiger partial charge < -0.3 is 10.2 Å². The number of rotatable bonds is 6. The molecule has 2 heterocycles. The Labute approximate surface area is 181 Å². The van der Waals surface area contributed by atoms with Gasteiger partial charge in [0.2, 0.25) is 11.9 Å². The zero-order valence-corrected chi connectivity index (χ0v) is 17.4. The lowest BCUT2D eigenvalue weighted by molar-refractivity contribution is -0.113. The van der Waals surface area contributed by atoms with Gasteiger partial charge in [-0.2, -0.15) is 0 Å². The molecule has 1 N–H and O–H groups in total. The summed E-state index contributed by atoms with van der Waals surface area (Å²) < 4.78 is 28.5. The van der Waals surface area contributed by atoms with Crippen LogP contribution in [-0.4, -0.2) is 39.5 Å². The Hall–Kier alpha value is -2.65. The standard InChI is InChI=1S/C20H18ClF2N5OS/c21-16-5-1-2-6-17(16)28-19(27-7-3-4-8-27)25-26-20(28)30-12-18(29)24-15-10-13(22)9-14(23)11-15/h1-2,5-6,9-11H,3-4,7-8,12H2,(H,24,29). The van der Waals surface area contributed by atoms with Gasteiger partial charge in [-0.15, -0.1) is 10.2 Å². The minimum atomic E-state index is -0.758. The minimum Gasteiger partial charge on any atom is -0.341 e. The number of nitrogens with one attached hydrogen (secondary N) is 1. The second kappa shape index (κ2) is 9.01. The Balaban J connectivity index is 1.55. The quantitative estimate of drug-likeness (QED) is 0.560. The van der Waals surface area contributed by atoms with Crippen molar-refractivity contribution in [2.45, 2.75) is 18.0 Å². The third kappa shape index (κ3) is 4.57. The van der Waals surface area contributed by atoms with Crippen molar-refractivity contribution in [3.63, 3.8) is 0 Å². The highest BCUT2D eigenvalue weighted by molar-refractivity contribution is 7.99. The number of benzene rings is 2. The van der Waals surface area contributed by atoms with Crippen LogP contribution >= 0.6 is 23.4 Å². The number of thioether (sulfide) groups is 1. The maximum Gasteiger partial charge on any atom is 0.234 e. The molecule has 0 bridgehead atoms. The monoisotopic (exact) mass is 449 g/mol. The largest absolute Gasteiger partial charge is 0.341 e. The van der Waals surface area contributed by atoms with Crippen LogP contribution in [0.4, 0.5) is 20.4 Å². The summed E-state index contributed by atoms with van der Waals surface area (Å²) in [5.41, 5.74) is 0.782. The van der Waals surface area contributed by atoms with Gasteiger partial charge in [-0.3, -0.25) is 9.36 Å². The van der Waals surface area contributed by atoms with Crippen LogP contribution in [0.1, 0.15) is 12.8 Å². The Morgan fingerprint density at radius 3 is 2.50 bits per heavy atom. The predicted octanol–water partition coefficient (Wildman–Crippen LogP) is 4.53. The van der Waals surface area contributed by atoms with E-state index in [1.165, 1.54) is 11.8 Å². The van der Waals surface area contributed by atoms with Crippen molar-refractivity contribution in [1.82, 2.24) is 14.8 Å². The molecule has 0 atom stereocenters. The highest BCUT2D eigenvalue weighted by Crippen LogP contribution is 2.31. The molecule has 1 saturated heterocycles. The number of halogens is 3. The molecule has 1 aromatic heterocycles. The van der Waals surface area contributed by atoms with E-state index in [1.54, 1.807) is 6.07 Å². The number of carbonyl (C=O) groups excluding carboxylic acids is 1. The number of amides is 1. The molecule has 30 heavy (non-hydrogen) atoms. The summed E-state index contributed by atoms with van der Waals surface area (Å²) in [5.74, 6) is -1.27. The Morgan fingerprint density at radius 2 is 1.80 bits per heavy atom. The first kappa shape index (κ1) is 20.6. The third-order valence-electron chi connectivity index (χ3n) is 4.58. The molecule has 0 unspecified atom stereocenters. The Bertz CT molecular complexity index is 1050. The first-order valence-electron chi connectivity index (χ1n) is 9.35.